The van der Waals surface area contributed by atoms with Gasteiger partial charge < -0.3 is 14.7 Å². The number of likely N-dealkylation sites (N-methyl/N-ethyl adjacent to an activating group) is 1. The van der Waals surface area contributed by atoms with E-state index < -0.39 is 0 Å². The maximum absolute atomic E-state index is 8.53. The Kier molecular flexibility index (Phi) is 12.4. The minimum Gasteiger partial charge on any atom is -0.391 e. The van der Waals surface area contributed by atoms with Crippen LogP contribution in [0, 0.1) is 0 Å². The smallest absolute Gasteiger partial charge is 0.102 e. The van der Waals surface area contributed by atoms with Gasteiger partial charge in [-0.25, -0.2) is 0 Å². The lowest BCUT2D eigenvalue weighted by atomic mass is 10.4. The Hall–Kier alpha value is -0.120. The zero-order chi connectivity index (χ0) is 7.33. The largest absolute Gasteiger partial charge is 0.391 e. The van der Waals surface area contributed by atoms with Gasteiger partial charge in [0, 0.05) is 0 Å². The Morgan fingerprint density at radius 3 is 1.36 bits per heavy atom. The van der Waals surface area contributed by atoms with Crippen LogP contribution in [-0.4, -0.2) is 55.1 Å². The zero-order valence-electron chi connectivity index (χ0n) is 6.17. The highest BCUT2D eigenvalue weighted by Crippen LogP contribution is 1.92. The van der Waals surface area contributed by atoms with Crippen molar-refractivity contribution < 1.29 is 14.7 Å². The van der Waals surface area contributed by atoms with Crippen LogP contribution in [0.15, 0.2) is 0 Å². The Morgan fingerprint density at radius 1 is 0.909 bits per heavy atom. The van der Waals surface area contributed by atoms with Crippen LogP contribution in [0.25, 0.3) is 0 Å². The highest BCUT2D eigenvalue weighted by molar-refractivity contribution is 4.29. The standard InChI is InChI=1S/C6H16NO2.2CH4/c1-7(2,3-5-8)4-6-9;;/h8-9H,3-6H2,1-2H3;2*1H4/q+1;;. The Balaban J connectivity index is -0.000000320. The van der Waals surface area contributed by atoms with Crippen molar-refractivity contribution in [1.29, 1.82) is 0 Å². The second-order valence-corrected chi connectivity index (χ2v) is 2.83. The first-order valence-corrected chi connectivity index (χ1v) is 3.16. The molecule has 0 amide bonds. The fourth-order valence-corrected chi connectivity index (χ4v) is 0.653. The molecule has 0 saturated heterocycles. The van der Waals surface area contributed by atoms with Gasteiger partial charge in [-0.3, -0.25) is 0 Å². The summed E-state index contributed by atoms with van der Waals surface area (Å²) in [5, 5.41) is 17.1. The van der Waals surface area contributed by atoms with Gasteiger partial charge >= 0.3 is 0 Å². The van der Waals surface area contributed by atoms with E-state index in [2.05, 4.69) is 0 Å². The number of hydrogen-bond acceptors (Lipinski definition) is 2. The second-order valence-electron chi connectivity index (χ2n) is 2.83. The van der Waals surface area contributed by atoms with E-state index in [9.17, 15) is 0 Å². The maximum Gasteiger partial charge on any atom is 0.102 e. The van der Waals surface area contributed by atoms with E-state index in [0.29, 0.717) is 17.6 Å². The van der Waals surface area contributed by atoms with Gasteiger partial charge in [-0.15, -0.1) is 0 Å². The topological polar surface area (TPSA) is 40.5 Å². The molecule has 0 radical (unpaired) electrons. The fraction of sp³-hybridized carbons (Fsp3) is 1.00. The third-order valence-corrected chi connectivity index (χ3v) is 1.41. The van der Waals surface area contributed by atoms with E-state index in [1.807, 2.05) is 14.1 Å². The van der Waals surface area contributed by atoms with E-state index in [1.54, 1.807) is 0 Å². The van der Waals surface area contributed by atoms with E-state index in [0.717, 1.165) is 0 Å². The molecule has 0 aliphatic carbocycles. The van der Waals surface area contributed by atoms with Gasteiger partial charge in [0.05, 0.1) is 27.3 Å². The number of aliphatic hydroxyl groups is 2. The maximum atomic E-state index is 8.53. The van der Waals surface area contributed by atoms with Gasteiger partial charge in [-0.05, 0) is 0 Å². The molecule has 0 aromatic heterocycles. The molecule has 3 heteroatoms. The van der Waals surface area contributed by atoms with Crippen LogP contribution in [0.1, 0.15) is 14.9 Å². The average Bonchev–Trinajstić information content (AvgIpc) is 1.64. The predicted molar refractivity (Wildman–Crippen MR) is 49.5 cm³/mol. The van der Waals surface area contributed by atoms with Crippen molar-refractivity contribution in [1.82, 2.24) is 0 Å². The minimum absolute atomic E-state index is 0. The van der Waals surface area contributed by atoms with Crippen LogP contribution in [0.5, 0.6) is 0 Å². The molecule has 2 N–H and O–H groups in total. The summed E-state index contributed by atoms with van der Waals surface area (Å²) in [5.41, 5.74) is 0. The van der Waals surface area contributed by atoms with Gasteiger partial charge in [0.2, 0.25) is 0 Å². The molecule has 0 atom stereocenters. The van der Waals surface area contributed by atoms with Crippen LogP contribution in [0.2, 0.25) is 0 Å². The molecule has 0 spiro atoms. The summed E-state index contributed by atoms with van der Waals surface area (Å²) >= 11 is 0. The first-order valence-electron chi connectivity index (χ1n) is 3.16. The first-order chi connectivity index (χ1) is 4.12. The third kappa shape index (κ3) is 9.88. The Morgan fingerprint density at radius 2 is 1.18 bits per heavy atom. The molecule has 0 aliphatic heterocycles. The molecule has 3 nitrogen and oxygen atoms in total. The van der Waals surface area contributed by atoms with Crippen molar-refractivity contribution in [2.24, 2.45) is 0 Å². The molecule has 0 rings (SSSR count). The molecule has 0 heterocycles. The van der Waals surface area contributed by atoms with Gasteiger partial charge in [0.1, 0.15) is 13.1 Å². The SMILES string of the molecule is C.C.C[N+](C)(CCO)CCO. The fourth-order valence-electron chi connectivity index (χ4n) is 0.653. The van der Waals surface area contributed by atoms with Crippen LogP contribution in [0.3, 0.4) is 0 Å². The second kappa shape index (κ2) is 7.98. The van der Waals surface area contributed by atoms with Crippen LogP contribution >= 0.6 is 0 Å². The molecular weight excluding hydrogens is 142 g/mol. The van der Waals surface area contributed by atoms with E-state index in [1.165, 1.54) is 0 Å². The van der Waals surface area contributed by atoms with Gasteiger partial charge in [0.25, 0.3) is 0 Å². The first kappa shape index (κ1) is 17.1. The summed E-state index contributed by atoms with van der Waals surface area (Å²) in [6.45, 7) is 1.79. The van der Waals surface area contributed by atoms with Crippen molar-refractivity contribution >= 4 is 0 Å². The lowest BCUT2D eigenvalue weighted by molar-refractivity contribution is -0.890. The number of nitrogens with zero attached hydrogens (tertiary/aromatic N) is 1. The summed E-state index contributed by atoms with van der Waals surface area (Å²) in [6.07, 6.45) is 0. The lowest BCUT2D eigenvalue weighted by Gasteiger charge is -2.27. The summed E-state index contributed by atoms with van der Waals surface area (Å²) in [5.74, 6) is 0. The molecule has 0 aromatic rings. The minimum atomic E-state index is 0. The highest BCUT2D eigenvalue weighted by Gasteiger charge is 2.11. The molecular formula is C8H24NO2+. The van der Waals surface area contributed by atoms with E-state index >= 15 is 0 Å². The van der Waals surface area contributed by atoms with Crippen molar-refractivity contribution in [3.05, 3.63) is 0 Å². The van der Waals surface area contributed by atoms with Gasteiger partial charge in [-0.1, -0.05) is 14.9 Å². The van der Waals surface area contributed by atoms with E-state index in [-0.39, 0.29) is 28.1 Å². The van der Waals surface area contributed by atoms with Crippen LogP contribution in [0.4, 0.5) is 0 Å². The number of quaternary nitrogens is 1. The monoisotopic (exact) mass is 166 g/mol. The van der Waals surface area contributed by atoms with Crippen molar-refractivity contribution in [3.8, 4) is 0 Å². The normalized spacial score (nSPS) is 9.82. The molecule has 0 bridgehead atoms. The summed E-state index contributed by atoms with van der Waals surface area (Å²) in [7, 11) is 3.96. The summed E-state index contributed by atoms with van der Waals surface area (Å²) in [4.78, 5) is 0. The van der Waals surface area contributed by atoms with Crippen molar-refractivity contribution in [3.63, 3.8) is 0 Å². The van der Waals surface area contributed by atoms with Crippen molar-refractivity contribution in [2.75, 3.05) is 40.4 Å². The number of rotatable bonds is 4. The average molecular weight is 166 g/mol. The van der Waals surface area contributed by atoms with Crippen LogP contribution in [-0.2, 0) is 0 Å². The molecule has 0 saturated carbocycles. The molecule has 0 aromatic carbocycles. The van der Waals surface area contributed by atoms with Crippen LogP contribution < -0.4 is 0 Å². The highest BCUT2D eigenvalue weighted by atomic mass is 16.3. The number of aliphatic hydroxyl groups excluding tert-OH is 2. The van der Waals surface area contributed by atoms with Gasteiger partial charge in [0.15, 0.2) is 0 Å². The molecule has 0 aliphatic rings. The molecule has 11 heavy (non-hydrogen) atoms. The third-order valence-electron chi connectivity index (χ3n) is 1.41. The molecule has 72 valence electrons. The summed E-state index contributed by atoms with van der Waals surface area (Å²) in [6, 6.07) is 0. The molecule has 0 unspecified atom stereocenters. The Bertz CT molecular complexity index is 66.5. The lowest BCUT2D eigenvalue weighted by Crippen LogP contribution is -2.43. The quantitative estimate of drug-likeness (QED) is 0.590. The van der Waals surface area contributed by atoms with Gasteiger partial charge in [-0.2, -0.15) is 0 Å². The summed E-state index contributed by atoms with van der Waals surface area (Å²) < 4.78 is 0.688. The van der Waals surface area contributed by atoms with E-state index in [4.69, 9.17) is 10.2 Å². The van der Waals surface area contributed by atoms with Crippen molar-refractivity contribution in [2.45, 2.75) is 14.9 Å². The zero-order valence-corrected chi connectivity index (χ0v) is 6.17. The predicted octanol–water partition coefficient (Wildman–Crippen LogP) is 0.320. The molecule has 0 fully saturated rings. The Labute approximate surface area is 70.9 Å². The number of hydrogen-bond donors (Lipinski definition) is 2.